The summed E-state index contributed by atoms with van der Waals surface area (Å²) in [6.07, 6.45) is 8.00. The highest BCUT2D eigenvalue weighted by molar-refractivity contribution is 6.32. The average Bonchev–Trinajstić information content (AvgIpc) is 3.48. The molecular weight excluding hydrogens is 617 g/mol. The summed E-state index contributed by atoms with van der Waals surface area (Å²) < 4.78 is 4.56. The van der Waals surface area contributed by atoms with Crippen LogP contribution >= 0.6 is 0 Å². The Bertz CT molecular complexity index is 2900. The quantitative estimate of drug-likeness (QED) is 0.166. The van der Waals surface area contributed by atoms with Gasteiger partial charge in [0.25, 0.3) is 0 Å². The van der Waals surface area contributed by atoms with Crippen LogP contribution in [0, 0.1) is 11.8 Å². The second-order valence-electron chi connectivity index (χ2n) is 15.6. The van der Waals surface area contributed by atoms with E-state index in [0.29, 0.717) is 22.6 Å². The molecule has 2 saturated carbocycles. The van der Waals surface area contributed by atoms with Gasteiger partial charge in [-0.05, 0) is 129 Å². The van der Waals surface area contributed by atoms with E-state index in [9.17, 15) is 14.4 Å². The summed E-state index contributed by atoms with van der Waals surface area (Å²) in [5.41, 5.74) is 9.85. The highest BCUT2D eigenvalue weighted by atomic mass is 16.1. The molecule has 6 aliphatic rings. The number of benzene rings is 5. The zero-order valence-electron chi connectivity index (χ0n) is 27.7. The van der Waals surface area contributed by atoms with Gasteiger partial charge >= 0.3 is 0 Å². The molecule has 50 heavy (non-hydrogen) atoms. The van der Waals surface area contributed by atoms with Crippen molar-refractivity contribution in [2.45, 2.75) is 63.2 Å². The molecule has 3 aromatic heterocycles. The summed E-state index contributed by atoms with van der Waals surface area (Å²) in [7, 11) is 0. The number of fused-ring (bicyclic) bond motifs is 13. The van der Waals surface area contributed by atoms with Crippen molar-refractivity contribution in [3.8, 4) is 5.69 Å². The van der Waals surface area contributed by atoms with Crippen molar-refractivity contribution in [1.29, 1.82) is 0 Å². The molecule has 0 radical (unpaired) electrons. The van der Waals surface area contributed by atoms with Gasteiger partial charge < -0.3 is 8.97 Å². The molecule has 8 aromatic rings. The molecule has 0 N–H and O–H groups in total. The number of ketones is 2. The highest BCUT2D eigenvalue weighted by Crippen LogP contribution is 2.50. The van der Waals surface area contributed by atoms with Crippen LogP contribution in [-0.2, 0) is 0 Å². The molecule has 14 rings (SSSR count). The standard InChI is InChI=1S/C45H34N2O3/c48-43-25-14-10-23(11-15-25)29-18-31-32-20-39-41(45(50)28-8-4-5-9-36(28)46(39)27-6-2-1-3-7-27)40-35-19-30-24-12-16-26(17-13-24)44(49)34(30)22-38(35)47(42(32)40)37(31)21-33(29)43/h1-9,18-26H,10-17H2. The summed E-state index contributed by atoms with van der Waals surface area (Å²) in [6.45, 7) is 0. The fourth-order valence-corrected chi connectivity index (χ4v) is 11.0. The van der Waals surface area contributed by atoms with E-state index in [4.69, 9.17) is 0 Å². The van der Waals surface area contributed by atoms with E-state index in [1.165, 1.54) is 5.56 Å². The average molecular weight is 651 g/mol. The smallest absolute Gasteiger partial charge is 0.197 e. The van der Waals surface area contributed by atoms with Gasteiger partial charge in [0, 0.05) is 55.6 Å². The van der Waals surface area contributed by atoms with Crippen molar-refractivity contribution in [3.05, 3.63) is 117 Å². The van der Waals surface area contributed by atoms with Gasteiger partial charge in [-0.3, -0.25) is 14.4 Å². The van der Waals surface area contributed by atoms with Crippen molar-refractivity contribution >= 4 is 71.5 Å². The largest absolute Gasteiger partial charge is 0.309 e. The zero-order chi connectivity index (χ0) is 33.0. The number of pyridine rings is 1. The molecule has 4 bridgehead atoms. The summed E-state index contributed by atoms with van der Waals surface area (Å²) in [4.78, 5) is 43.0. The van der Waals surface area contributed by atoms with Crippen molar-refractivity contribution in [2.75, 3.05) is 0 Å². The first-order valence-electron chi connectivity index (χ1n) is 18.5. The molecule has 0 amide bonds. The van der Waals surface area contributed by atoms with E-state index in [-0.39, 0.29) is 28.8 Å². The molecule has 6 aliphatic carbocycles. The lowest BCUT2D eigenvalue weighted by atomic mass is 9.82. The Morgan fingerprint density at radius 2 is 1.02 bits per heavy atom. The molecule has 5 aromatic carbocycles. The number of carbonyl (C=O) groups excluding carboxylic acids is 2. The molecule has 0 saturated heterocycles. The first kappa shape index (κ1) is 27.5. The van der Waals surface area contributed by atoms with Gasteiger partial charge in [-0.1, -0.05) is 30.3 Å². The summed E-state index contributed by atoms with van der Waals surface area (Å²) in [6, 6.07) is 29.5. The predicted molar refractivity (Wildman–Crippen MR) is 200 cm³/mol. The van der Waals surface area contributed by atoms with Crippen molar-refractivity contribution < 1.29 is 9.59 Å². The molecule has 3 heterocycles. The van der Waals surface area contributed by atoms with E-state index < -0.39 is 0 Å². The Balaban J connectivity index is 1.35. The zero-order valence-corrected chi connectivity index (χ0v) is 27.7. The van der Waals surface area contributed by atoms with Crippen LogP contribution in [0.25, 0.3) is 65.6 Å². The number of nitrogens with zero attached hydrogens (tertiary/aromatic N) is 2. The van der Waals surface area contributed by atoms with Gasteiger partial charge in [0.1, 0.15) is 0 Å². The van der Waals surface area contributed by atoms with Gasteiger partial charge in [-0.2, -0.15) is 0 Å². The van der Waals surface area contributed by atoms with Crippen molar-refractivity contribution in [2.24, 2.45) is 11.8 Å². The number of hydrogen-bond acceptors (Lipinski definition) is 3. The maximum Gasteiger partial charge on any atom is 0.197 e. The van der Waals surface area contributed by atoms with Gasteiger partial charge in [-0.25, -0.2) is 0 Å². The van der Waals surface area contributed by atoms with Crippen LogP contribution < -0.4 is 5.43 Å². The molecule has 0 aliphatic heterocycles. The van der Waals surface area contributed by atoms with E-state index in [0.717, 1.165) is 123 Å². The Labute approximate surface area is 287 Å². The number of carbonyl (C=O) groups is 2. The van der Waals surface area contributed by atoms with Crippen molar-refractivity contribution in [1.82, 2.24) is 8.97 Å². The molecule has 0 spiro atoms. The van der Waals surface area contributed by atoms with Gasteiger partial charge in [0.2, 0.25) is 0 Å². The van der Waals surface area contributed by atoms with Crippen LogP contribution in [0.15, 0.2) is 89.7 Å². The maximum absolute atomic E-state index is 14.9. The maximum atomic E-state index is 14.9. The number of para-hydroxylation sites is 2. The lowest BCUT2D eigenvalue weighted by Gasteiger charge is -2.22. The fraction of sp³-hybridized carbons (Fsp3) is 0.267. The normalized spacial score (nSPS) is 23.1. The molecule has 2 fully saturated rings. The van der Waals surface area contributed by atoms with Crippen LogP contribution in [0.3, 0.4) is 0 Å². The minimum Gasteiger partial charge on any atom is -0.309 e. The fourth-order valence-electron chi connectivity index (χ4n) is 11.0. The van der Waals surface area contributed by atoms with Gasteiger partial charge in [0.05, 0.1) is 33.0 Å². The number of rotatable bonds is 1. The minimum absolute atomic E-state index is 0.0274. The van der Waals surface area contributed by atoms with E-state index in [1.54, 1.807) is 0 Å². The van der Waals surface area contributed by atoms with Gasteiger partial charge in [-0.15, -0.1) is 0 Å². The second kappa shape index (κ2) is 9.48. The first-order valence-corrected chi connectivity index (χ1v) is 18.5. The third-order valence-corrected chi connectivity index (χ3v) is 13.4. The number of Topliss-reactive ketones (excluding diaryl/α,β-unsaturated/α-hetero) is 2. The second-order valence-corrected chi connectivity index (χ2v) is 15.6. The van der Waals surface area contributed by atoms with Crippen LogP contribution in [-0.4, -0.2) is 20.5 Å². The monoisotopic (exact) mass is 650 g/mol. The van der Waals surface area contributed by atoms with Crippen LogP contribution in [0.1, 0.15) is 95.0 Å². The molecule has 0 unspecified atom stereocenters. The predicted octanol–water partition coefficient (Wildman–Crippen LogP) is 10.2. The Kier molecular flexibility index (Phi) is 5.22. The first-order chi connectivity index (χ1) is 24.5. The van der Waals surface area contributed by atoms with E-state index in [1.807, 2.05) is 30.3 Å². The summed E-state index contributed by atoms with van der Waals surface area (Å²) in [5.74, 6) is 1.49. The van der Waals surface area contributed by atoms with E-state index in [2.05, 4.69) is 63.6 Å². The van der Waals surface area contributed by atoms with Crippen LogP contribution in [0.2, 0.25) is 0 Å². The Morgan fingerprint density at radius 1 is 0.460 bits per heavy atom. The topological polar surface area (TPSA) is 60.6 Å². The van der Waals surface area contributed by atoms with Crippen molar-refractivity contribution in [3.63, 3.8) is 0 Å². The molecule has 5 nitrogen and oxygen atoms in total. The molecule has 0 atom stereocenters. The lowest BCUT2D eigenvalue weighted by molar-refractivity contribution is 0.0891. The molecule has 5 heteroatoms. The third kappa shape index (κ3) is 3.32. The highest BCUT2D eigenvalue weighted by Gasteiger charge is 2.38. The van der Waals surface area contributed by atoms with Gasteiger partial charge in [0.15, 0.2) is 17.0 Å². The molecular formula is C45H34N2O3. The third-order valence-electron chi connectivity index (χ3n) is 13.4. The van der Waals surface area contributed by atoms with Crippen LogP contribution in [0.5, 0.6) is 0 Å². The number of hydrogen-bond donors (Lipinski definition) is 0. The Morgan fingerprint density at radius 3 is 1.68 bits per heavy atom. The SMILES string of the molecule is O=C1c2cc3c(cc2C2CCC1CC2)c1cc2c(c(=O)c4ccccc4n2-c2ccccc2)c2c4cc5c(cc4n3c12)C(=O)C1CCC5CC1. The summed E-state index contributed by atoms with van der Waals surface area (Å²) in [5, 5.41) is 5.60. The minimum atomic E-state index is 0.0274. The lowest BCUT2D eigenvalue weighted by Crippen LogP contribution is -2.15. The Hall–Kier alpha value is -5.29. The van der Waals surface area contributed by atoms with Crippen LogP contribution in [0.4, 0.5) is 0 Å². The molecule has 242 valence electrons. The summed E-state index contributed by atoms with van der Waals surface area (Å²) >= 11 is 0. The van der Waals surface area contributed by atoms with E-state index >= 15 is 0 Å². The number of aromatic nitrogens is 2.